The quantitative estimate of drug-likeness (QED) is 0.889. The standard InChI is InChI=1S/C15H15N3O2S/c1-10(19)18-12-6-7-21-14(12)9-17-15-11(8-16)4-3-5-13(15)20-2/h3-7,17H,9H2,1-2H3,(H,18,19). The zero-order valence-corrected chi connectivity index (χ0v) is 12.6. The van der Waals surface area contributed by atoms with E-state index in [0.717, 1.165) is 10.6 Å². The van der Waals surface area contributed by atoms with Gasteiger partial charge in [0.2, 0.25) is 5.91 Å². The smallest absolute Gasteiger partial charge is 0.221 e. The van der Waals surface area contributed by atoms with Crippen LogP contribution in [-0.2, 0) is 11.3 Å². The highest BCUT2D eigenvalue weighted by Crippen LogP contribution is 2.30. The van der Waals surface area contributed by atoms with Crippen LogP contribution in [0.5, 0.6) is 5.75 Å². The van der Waals surface area contributed by atoms with Gasteiger partial charge in [-0.2, -0.15) is 5.26 Å². The minimum Gasteiger partial charge on any atom is -0.495 e. The number of nitrogens with one attached hydrogen (secondary N) is 2. The molecule has 5 nitrogen and oxygen atoms in total. The molecule has 0 spiro atoms. The Kier molecular flexibility index (Phi) is 4.80. The van der Waals surface area contributed by atoms with Gasteiger partial charge in [-0.15, -0.1) is 11.3 Å². The fourth-order valence-electron chi connectivity index (χ4n) is 1.92. The van der Waals surface area contributed by atoms with E-state index >= 15 is 0 Å². The Balaban J connectivity index is 2.19. The molecular formula is C15H15N3O2S. The zero-order chi connectivity index (χ0) is 15.2. The van der Waals surface area contributed by atoms with Gasteiger partial charge in [-0.25, -0.2) is 0 Å². The van der Waals surface area contributed by atoms with Gasteiger partial charge >= 0.3 is 0 Å². The molecule has 0 bridgehead atoms. The van der Waals surface area contributed by atoms with Crippen LogP contribution in [0.2, 0.25) is 0 Å². The molecule has 0 saturated carbocycles. The fraction of sp³-hybridized carbons (Fsp3) is 0.200. The van der Waals surface area contributed by atoms with Gasteiger partial charge < -0.3 is 15.4 Å². The van der Waals surface area contributed by atoms with Gasteiger partial charge in [-0.1, -0.05) is 6.07 Å². The van der Waals surface area contributed by atoms with Gasteiger partial charge in [0.1, 0.15) is 11.8 Å². The first-order valence-corrected chi connectivity index (χ1v) is 7.18. The summed E-state index contributed by atoms with van der Waals surface area (Å²) >= 11 is 1.54. The maximum Gasteiger partial charge on any atom is 0.221 e. The van der Waals surface area contributed by atoms with E-state index in [1.807, 2.05) is 11.4 Å². The number of ether oxygens (including phenoxy) is 1. The molecule has 0 radical (unpaired) electrons. The Morgan fingerprint density at radius 1 is 1.43 bits per heavy atom. The molecule has 0 aliphatic carbocycles. The minimum absolute atomic E-state index is 0.107. The highest BCUT2D eigenvalue weighted by Gasteiger charge is 2.11. The van der Waals surface area contributed by atoms with Crippen LogP contribution in [0.1, 0.15) is 17.4 Å². The van der Waals surface area contributed by atoms with Gasteiger partial charge in [-0.05, 0) is 23.6 Å². The van der Waals surface area contributed by atoms with Crippen molar-refractivity contribution in [3.05, 3.63) is 40.1 Å². The average Bonchev–Trinajstić information content (AvgIpc) is 2.91. The van der Waals surface area contributed by atoms with E-state index in [1.165, 1.54) is 18.3 Å². The Bertz CT molecular complexity index is 688. The number of methoxy groups -OCH3 is 1. The van der Waals surface area contributed by atoms with Crippen molar-refractivity contribution < 1.29 is 9.53 Å². The number of benzene rings is 1. The number of rotatable bonds is 5. The normalized spacial score (nSPS) is 9.76. The SMILES string of the molecule is COc1cccc(C#N)c1NCc1sccc1NC(C)=O. The third-order valence-corrected chi connectivity index (χ3v) is 3.77. The summed E-state index contributed by atoms with van der Waals surface area (Å²) < 4.78 is 5.27. The van der Waals surface area contributed by atoms with Crippen LogP contribution in [0.3, 0.4) is 0 Å². The molecule has 0 aliphatic rings. The number of carbonyl (C=O) groups excluding carboxylic acids is 1. The molecule has 108 valence electrons. The Hall–Kier alpha value is -2.52. The Morgan fingerprint density at radius 2 is 2.24 bits per heavy atom. The van der Waals surface area contributed by atoms with E-state index in [1.54, 1.807) is 25.3 Å². The minimum atomic E-state index is -0.107. The molecule has 6 heteroatoms. The lowest BCUT2D eigenvalue weighted by Crippen LogP contribution is -2.08. The first-order chi connectivity index (χ1) is 10.2. The zero-order valence-electron chi connectivity index (χ0n) is 11.8. The number of amides is 1. The second-order valence-electron chi connectivity index (χ2n) is 4.29. The summed E-state index contributed by atoms with van der Waals surface area (Å²) in [5, 5.41) is 17.1. The Morgan fingerprint density at radius 3 is 2.90 bits per heavy atom. The number of carbonyl (C=O) groups is 1. The number of nitriles is 1. The highest BCUT2D eigenvalue weighted by atomic mass is 32.1. The second kappa shape index (κ2) is 6.77. The van der Waals surface area contributed by atoms with Crippen LogP contribution < -0.4 is 15.4 Å². The number of anilines is 2. The van der Waals surface area contributed by atoms with Crippen LogP contribution in [0.4, 0.5) is 11.4 Å². The summed E-state index contributed by atoms with van der Waals surface area (Å²) in [5.74, 6) is 0.510. The molecule has 1 heterocycles. The molecule has 2 N–H and O–H groups in total. The number of hydrogen-bond donors (Lipinski definition) is 2. The lowest BCUT2D eigenvalue weighted by atomic mass is 10.1. The van der Waals surface area contributed by atoms with Crippen molar-refractivity contribution in [3.63, 3.8) is 0 Å². The summed E-state index contributed by atoms with van der Waals surface area (Å²) in [6.07, 6.45) is 0. The van der Waals surface area contributed by atoms with Crippen molar-refractivity contribution in [2.75, 3.05) is 17.7 Å². The lowest BCUT2D eigenvalue weighted by Gasteiger charge is -2.13. The van der Waals surface area contributed by atoms with E-state index in [9.17, 15) is 4.79 Å². The maximum absolute atomic E-state index is 11.1. The predicted octanol–water partition coefficient (Wildman–Crippen LogP) is 3.20. The molecule has 2 aromatic rings. The molecule has 2 rings (SSSR count). The molecule has 0 saturated heterocycles. The van der Waals surface area contributed by atoms with Gasteiger partial charge in [0, 0.05) is 11.8 Å². The topological polar surface area (TPSA) is 74.2 Å². The van der Waals surface area contributed by atoms with Crippen molar-refractivity contribution >= 4 is 28.6 Å². The van der Waals surface area contributed by atoms with E-state index in [0.29, 0.717) is 23.5 Å². The van der Waals surface area contributed by atoms with E-state index in [-0.39, 0.29) is 5.91 Å². The van der Waals surface area contributed by atoms with Gasteiger partial charge in [-0.3, -0.25) is 4.79 Å². The molecule has 0 fully saturated rings. The summed E-state index contributed by atoms with van der Waals surface area (Å²) in [6.45, 7) is 1.98. The van der Waals surface area contributed by atoms with Crippen LogP contribution in [0, 0.1) is 11.3 Å². The van der Waals surface area contributed by atoms with Crippen molar-refractivity contribution in [1.29, 1.82) is 5.26 Å². The lowest BCUT2D eigenvalue weighted by molar-refractivity contribution is -0.114. The maximum atomic E-state index is 11.1. The number of nitrogens with zero attached hydrogens (tertiary/aromatic N) is 1. The van der Waals surface area contributed by atoms with Gasteiger partial charge in [0.15, 0.2) is 0 Å². The van der Waals surface area contributed by atoms with Gasteiger partial charge in [0.25, 0.3) is 0 Å². The predicted molar refractivity (Wildman–Crippen MR) is 83.7 cm³/mol. The van der Waals surface area contributed by atoms with Crippen LogP contribution in [0.25, 0.3) is 0 Å². The fourth-order valence-corrected chi connectivity index (χ4v) is 2.69. The summed E-state index contributed by atoms with van der Waals surface area (Å²) in [7, 11) is 1.57. The molecule has 21 heavy (non-hydrogen) atoms. The molecular weight excluding hydrogens is 286 g/mol. The monoisotopic (exact) mass is 301 g/mol. The van der Waals surface area contributed by atoms with Crippen LogP contribution in [0.15, 0.2) is 29.6 Å². The van der Waals surface area contributed by atoms with Gasteiger partial charge in [0.05, 0.1) is 30.6 Å². The van der Waals surface area contributed by atoms with Crippen LogP contribution in [-0.4, -0.2) is 13.0 Å². The second-order valence-corrected chi connectivity index (χ2v) is 5.29. The third kappa shape index (κ3) is 3.52. The Labute approximate surface area is 127 Å². The highest BCUT2D eigenvalue weighted by molar-refractivity contribution is 7.10. The molecule has 0 aliphatic heterocycles. The van der Waals surface area contributed by atoms with Crippen LogP contribution >= 0.6 is 11.3 Å². The average molecular weight is 301 g/mol. The number of para-hydroxylation sites is 1. The molecule has 0 atom stereocenters. The summed E-state index contributed by atoms with van der Waals surface area (Å²) in [5.41, 5.74) is 1.96. The van der Waals surface area contributed by atoms with E-state index < -0.39 is 0 Å². The first kappa shape index (κ1) is 14.9. The first-order valence-electron chi connectivity index (χ1n) is 6.30. The largest absolute Gasteiger partial charge is 0.495 e. The third-order valence-electron chi connectivity index (χ3n) is 2.85. The van der Waals surface area contributed by atoms with E-state index in [2.05, 4.69) is 16.7 Å². The summed E-state index contributed by atoms with van der Waals surface area (Å²) in [4.78, 5) is 12.1. The van der Waals surface area contributed by atoms with Crippen molar-refractivity contribution in [2.45, 2.75) is 13.5 Å². The molecule has 1 aromatic carbocycles. The molecule has 1 amide bonds. The van der Waals surface area contributed by atoms with Crippen molar-refractivity contribution in [3.8, 4) is 11.8 Å². The number of thiophene rings is 1. The molecule has 0 unspecified atom stereocenters. The molecule has 1 aromatic heterocycles. The van der Waals surface area contributed by atoms with Crippen molar-refractivity contribution in [2.24, 2.45) is 0 Å². The van der Waals surface area contributed by atoms with Crippen molar-refractivity contribution in [1.82, 2.24) is 0 Å². The van der Waals surface area contributed by atoms with E-state index in [4.69, 9.17) is 10.00 Å². The number of hydrogen-bond acceptors (Lipinski definition) is 5. The summed E-state index contributed by atoms with van der Waals surface area (Å²) in [6, 6.07) is 9.30.